The molecule has 0 unspecified atom stereocenters. The van der Waals surface area contributed by atoms with E-state index in [1.165, 1.54) is 31.1 Å². The molecule has 4 heteroatoms. The van der Waals surface area contributed by atoms with Gasteiger partial charge in [-0.3, -0.25) is 0 Å². The summed E-state index contributed by atoms with van der Waals surface area (Å²) in [6.45, 7) is 0. The molecule has 4 nitrogen and oxygen atoms in total. The van der Waals surface area contributed by atoms with Crippen molar-refractivity contribution in [1.29, 1.82) is 0 Å². The number of hydrogen-bond donors (Lipinski definition) is 2. The lowest BCUT2D eigenvalue weighted by atomic mass is 10.1. The van der Waals surface area contributed by atoms with E-state index >= 15 is 0 Å². The Bertz CT molecular complexity index is 695. The third-order valence-electron chi connectivity index (χ3n) is 3.85. The van der Waals surface area contributed by atoms with Gasteiger partial charge in [0.2, 0.25) is 0 Å². The van der Waals surface area contributed by atoms with Crippen molar-refractivity contribution in [2.24, 2.45) is 0 Å². The van der Waals surface area contributed by atoms with Gasteiger partial charge in [-0.2, -0.15) is 0 Å². The highest BCUT2D eigenvalue weighted by Gasteiger charge is 2.12. The minimum Gasteiger partial charge on any atom is -0.465 e. The summed E-state index contributed by atoms with van der Waals surface area (Å²) in [7, 11) is 1.36. The molecule has 0 spiro atoms. The van der Waals surface area contributed by atoms with E-state index in [0.717, 1.165) is 17.8 Å². The van der Waals surface area contributed by atoms with Crippen molar-refractivity contribution in [1.82, 2.24) is 0 Å². The van der Waals surface area contributed by atoms with Crippen molar-refractivity contribution in [3.8, 4) is 0 Å². The second-order valence-corrected chi connectivity index (χ2v) is 5.26. The van der Waals surface area contributed by atoms with E-state index in [2.05, 4.69) is 28.3 Å². The number of anilines is 3. The molecule has 0 saturated heterocycles. The highest BCUT2D eigenvalue weighted by atomic mass is 16.5. The third-order valence-corrected chi connectivity index (χ3v) is 3.85. The van der Waals surface area contributed by atoms with E-state index in [9.17, 15) is 4.79 Å². The van der Waals surface area contributed by atoms with Crippen molar-refractivity contribution in [2.45, 2.75) is 19.3 Å². The van der Waals surface area contributed by atoms with Crippen LogP contribution >= 0.6 is 0 Å². The summed E-state index contributed by atoms with van der Waals surface area (Å²) >= 11 is 0. The first-order chi connectivity index (χ1) is 10.2. The van der Waals surface area contributed by atoms with Gasteiger partial charge in [0.25, 0.3) is 0 Å². The smallest absolute Gasteiger partial charge is 0.337 e. The summed E-state index contributed by atoms with van der Waals surface area (Å²) in [5, 5.41) is 3.31. The van der Waals surface area contributed by atoms with Gasteiger partial charge in [-0.1, -0.05) is 6.07 Å². The summed E-state index contributed by atoms with van der Waals surface area (Å²) < 4.78 is 4.68. The Morgan fingerprint density at radius 2 is 1.95 bits per heavy atom. The molecule has 0 fully saturated rings. The van der Waals surface area contributed by atoms with Gasteiger partial charge in [0, 0.05) is 5.69 Å². The van der Waals surface area contributed by atoms with E-state index in [-0.39, 0.29) is 5.97 Å². The summed E-state index contributed by atoms with van der Waals surface area (Å²) in [5.41, 5.74) is 11.6. The molecule has 108 valence electrons. The Labute approximate surface area is 123 Å². The molecule has 3 N–H and O–H groups in total. The molecule has 0 radical (unpaired) electrons. The van der Waals surface area contributed by atoms with Crippen LogP contribution in [0.2, 0.25) is 0 Å². The number of hydrogen-bond acceptors (Lipinski definition) is 4. The van der Waals surface area contributed by atoms with Crippen LogP contribution in [-0.4, -0.2) is 13.1 Å². The Morgan fingerprint density at radius 3 is 2.71 bits per heavy atom. The molecular formula is C17H18N2O2. The number of fused-ring (bicyclic) bond motifs is 1. The van der Waals surface area contributed by atoms with Crippen LogP contribution < -0.4 is 11.1 Å². The van der Waals surface area contributed by atoms with Crippen molar-refractivity contribution in [2.75, 3.05) is 18.2 Å². The van der Waals surface area contributed by atoms with Crippen LogP contribution in [-0.2, 0) is 17.6 Å². The minimum absolute atomic E-state index is 0.384. The van der Waals surface area contributed by atoms with Crippen LogP contribution in [0.4, 0.5) is 17.1 Å². The molecule has 0 bridgehead atoms. The van der Waals surface area contributed by atoms with Crippen LogP contribution in [0.1, 0.15) is 27.9 Å². The fraction of sp³-hybridized carbons (Fsp3) is 0.235. The molecule has 0 heterocycles. The average Bonchev–Trinajstić information content (AvgIpc) is 2.96. The molecule has 2 aromatic carbocycles. The third kappa shape index (κ3) is 2.70. The maximum Gasteiger partial charge on any atom is 0.337 e. The van der Waals surface area contributed by atoms with Crippen LogP contribution in [0.3, 0.4) is 0 Å². The predicted molar refractivity (Wildman–Crippen MR) is 83.9 cm³/mol. The molecule has 0 saturated carbocycles. The number of ether oxygens (including phenoxy) is 1. The molecule has 0 aromatic heterocycles. The number of rotatable bonds is 3. The molecule has 1 aliphatic rings. The molecular weight excluding hydrogens is 264 g/mol. The van der Waals surface area contributed by atoms with Gasteiger partial charge in [0.15, 0.2) is 0 Å². The molecule has 0 amide bonds. The fourth-order valence-corrected chi connectivity index (χ4v) is 2.73. The summed E-state index contributed by atoms with van der Waals surface area (Å²) in [4.78, 5) is 11.5. The first-order valence-corrected chi connectivity index (χ1v) is 7.04. The lowest BCUT2D eigenvalue weighted by Gasteiger charge is -2.12. The monoisotopic (exact) mass is 282 g/mol. The highest BCUT2D eigenvalue weighted by molar-refractivity contribution is 5.92. The summed E-state index contributed by atoms with van der Waals surface area (Å²) in [6.07, 6.45) is 3.54. The summed E-state index contributed by atoms with van der Waals surface area (Å²) in [5.74, 6) is -0.384. The van der Waals surface area contributed by atoms with E-state index < -0.39 is 0 Å². The molecule has 3 rings (SSSR count). The number of benzene rings is 2. The topological polar surface area (TPSA) is 64.3 Å². The molecule has 0 aliphatic heterocycles. The van der Waals surface area contributed by atoms with Crippen molar-refractivity contribution in [3.63, 3.8) is 0 Å². The second-order valence-electron chi connectivity index (χ2n) is 5.26. The van der Waals surface area contributed by atoms with Gasteiger partial charge in [-0.05, 0) is 60.7 Å². The largest absolute Gasteiger partial charge is 0.465 e. The van der Waals surface area contributed by atoms with E-state index in [1.54, 1.807) is 18.2 Å². The Kier molecular flexibility index (Phi) is 3.52. The number of aryl methyl sites for hydroxylation is 2. The number of nitrogens with one attached hydrogen (secondary N) is 1. The zero-order valence-corrected chi connectivity index (χ0v) is 12.0. The minimum atomic E-state index is -0.384. The molecule has 1 aliphatic carbocycles. The first-order valence-electron chi connectivity index (χ1n) is 7.04. The standard InChI is InChI=1S/C17H18N2O2/c1-21-17(20)13-6-8-16(15(18)10-13)19-14-7-5-11-3-2-4-12(11)9-14/h5-10,19H,2-4,18H2,1H3. The van der Waals surface area contributed by atoms with Gasteiger partial charge in [-0.25, -0.2) is 4.79 Å². The van der Waals surface area contributed by atoms with Crippen LogP contribution in [0.5, 0.6) is 0 Å². The van der Waals surface area contributed by atoms with Crippen molar-refractivity contribution >= 4 is 23.0 Å². The average molecular weight is 282 g/mol. The predicted octanol–water partition coefficient (Wildman–Crippen LogP) is 3.29. The van der Waals surface area contributed by atoms with Crippen LogP contribution in [0.15, 0.2) is 36.4 Å². The lowest BCUT2D eigenvalue weighted by molar-refractivity contribution is 0.0601. The quantitative estimate of drug-likeness (QED) is 0.670. The van der Waals surface area contributed by atoms with E-state index in [1.807, 2.05) is 0 Å². The zero-order valence-electron chi connectivity index (χ0n) is 12.0. The number of methoxy groups -OCH3 is 1. The van der Waals surface area contributed by atoms with Gasteiger partial charge in [0.05, 0.1) is 24.0 Å². The zero-order chi connectivity index (χ0) is 14.8. The number of esters is 1. The van der Waals surface area contributed by atoms with Gasteiger partial charge in [0.1, 0.15) is 0 Å². The van der Waals surface area contributed by atoms with Crippen LogP contribution in [0, 0.1) is 0 Å². The normalized spacial score (nSPS) is 12.8. The Morgan fingerprint density at radius 1 is 1.14 bits per heavy atom. The van der Waals surface area contributed by atoms with Crippen LogP contribution in [0.25, 0.3) is 0 Å². The SMILES string of the molecule is COC(=O)c1ccc(Nc2ccc3c(c2)CCC3)c(N)c1. The van der Waals surface area contributed by atoms with Gasteiger partial charge in [-0.15, -0.1) is 0 Å². The van der Waals surface area contributed by atoms with Crippen molar-refractivity contribution in [3.05, 3.63) is 53.1 Å². The van der Waals surface area contributed by atoms with Gasteiger partial charge >= 0.3 is 5.97 Å². The Balaban J connectivity index is 1.83. The van der Waals surface area contributed by atoms with Gasteiger partial charge < -0.3 is 15.8 Å². The number of carbonyl (C=O) groups excluding carboxylic acids is 1. The summed E-state index contributed by atoms with van der Waals surface area (Å²) in [6, 6.07) is 11.5. The molecule has 2 aromatic rings. The molecule has 21 heavy (non-hydrogen) atoms. The van der Waals surface area contributed by atoms with Crippen molar-refractivity contribution < 1.29 is 9.53 Å². The second kappa shape index (κ2) is 5.48. The highest BCUT2D eigenvalue weighted by Crippen LogP contribution is 2.29. The first kappa shape index (κ1) is 13.5. The molecule has 0 atom stereocenters. The fourth-order valence-electron chi connectivity index (χ4n) is 2.73. The van der Waals surface area contributed by atoms with E-state index in [4.69, 9.17) is 5.73 Å². The number of nitrogen functional groups attached to an aromatic ring is 1. The number of nitrogens with two attached hydrogens (primary N) is 1. The number of carbonyl (C=O) groups is 1. The Hall–Kier alpha value is -2.49. The maximum absolute atomic E-state index is 11.5. The maximum atomic E-state index is 11.5. The lowest BCUT2D eigenvalue weighted by Crippen LogP contribution is -2.04. The van der Waals surface area contributed by atoms with E-state index in [0.29, 0.717) is 11.3 Å².